The third kappa shape index (κ3) is 2.75. The summed E-state index contributed by atoms with van der Waals surface area (Å²) in [5.74, 6) is 0.842. The third-order valence-corrected chi connectivity index (χ3v) is 3.68. The fourth-order valence-electron chi connectivity index (χ4n) is 2.61. The molecule has 1 fully saturated rings. The lowest BCUT2D eigenvalue weighted by molar-refractivity contribution is 0.665. The molecule has 1 aliphatic rings. The van der Waals surface area contributed by atoms with E-state index in [0.717, 1.165) is 24.2 Å². The number of hydrogen-bond acceptors (Lipinski definition) is 3. The number of hydrogen-bond donors (Lipinski definition) is 1. The van der Waals surface area contributed by atoms with Crippen LogP contribution in [0.15, 0.2) is 35.4 Å². The Morgan fingerprint density at radius 1 is 1.11 bits per heavy atom. The summed E-state index contributed by atoms with van der Waals surface area (Å²) in [5, 5.41) is 5.71. The van der Waals surface area contributed by atoms with Gasteiger partial charge in [-0.05, 0) is 50.3 Å². The van der Waals surface area contributed by atoms with Crippen molar-refractivity contribution in [2.45, 2.75) is 39.0 Å². The summed E-state index contributed by atoms with van der Waals surface area (Å²) in [6, 6.07) is 10.3. The zero-order valence-electron chi connectivity index (χ0n) is 11.3. The van der Waals surface area contributed by atoms with Crippen molar-refractivity contribution >= 4 is 22.4 Å². The number of rotatable bonds is 2. The highest BCUT2D eigenvalue weighted by molar-refractivity contribution is 5.86. The van der Waals surface area contributed by atoms with Crippen LogP contribution in [0.3, 0.4) is 0 Å². The standard InChI is InChI=1S/C16H19N3/c1-12-11-16(17-15-10-6-5-9-14(12)15)19-18-13-7-3-2-4-8-13/h5-6,9-11H,2-4,7-8H2,1H3,(H,17,19). The van der Waals surface area contributed by atoms with Crippen molar-refractivity contribution in [3.63, 3.8) is 0 Å². The molecule has 1 aliphatic carbocycles. The molecule has 98 valence electrons. The molecule has 0 atom stereocenters. The number of nitrogens with zero attached hydrogens (tertiary/aromatic N) is 2. The van der Waals surface area contributed by atoms with Crippen LogP contribution in [0.25, 0.3) is 10.9 Å². The Labute approximate surface area is 113 Å². The molecule has 1 aromatic heterocycles. The second-order valence-corrected chi connectivity index (χ2v) is 5.19. The summed E-state index contributed by atoms with van der Waals surface area (Å²) in [4.78, 5) is 4.60. The number of hydrazone groups is 1. The molecule has 19 heavy (non-hydrogen) atoms. The van der Waals surface area contributed by atoms with Gasteiger partial charge in [0.1, 0.15) is 5.82 Å². The minimum Gasteiger partial charge on any atom is -0.261 e. The lowest BCUT2D eigenvalue weighted by atomic mass is 9.99. The Morgan fingerprint density at radius 2 is 1.89 bits per heavy atom. The molecule has 1 N–H and O–H groups in total. The average molecular weight is 253 g/mol. The van der Waals surface area contributed by atoms with Gasteiger partial charge in [-0.3, -0.25) is 5.43 Å². The zero-order chi connectivity index (χ0) is 13.1. The number of nitrogens with one attached hydrogen (secondary N) is 1. The normalized spacial score (nSPS) is 15.5. The lowest BCUT2D eigenvalue weighted by Crippen LogP contribution is -2.07. The van der Waals surface area contributed by atoms with Crippen LogP contribution >= 0.6 is 0 Å². The monoisotopic (exact) mass is 253 g/mol. The summed E-state index contributed by atoms with van der Waals surface area (Å²) in [6.45, 7) is 2.11. The maximum Gasteiger partial charge on any atom is 0.147 e. The molecule has 0 spiro atoms. The number of anilines is 1. The van der Waals surface area contributed by atoms with Gasteiger partial charge in [-0.1, -0.05) is 24.6 Å². The number of aryl methyl sites for hydroxylation is 1. The number of benzene rings is 1. The van der Waals surface area contributed by atoms with Gasteiger partial charge in [0.15, 0.2) is 0 Å². The molecule has 0 amide bonds. The molecular weight excluding hydrogens is 234 g/mol. The van der Waals surface area contributed by atoms with Gasteiger partial charge in [0.25, 0.3) is 0 Å². The predicted molar refractivity (Wildman–Crippen MR) is 80.6 cm³/mol. The van der Waals surface area contributed by atoms with Gasteiger partial charge in [0.2, 0.25) is 0 Å². The van der Waals surface area contributed by atoms with Crippen molar-refractivity contribution in [2.24, 2.45) is 5.10 Å². The third-order valence-electron chi connectivity index (χ3n) is 3.68. The summed E-state index contributed by atoms with van der Waals surface area (Å²) in [5.41, 5.74) is 6.66. The van der Waals surface area contributed by atoms with Gasteiger partial charge in [-0.25, -0.2) is 4.98 Å². The Hall–Kier alpha value is -1.90. The summed E-state index contributed by atoms with van der Waals surface area (Å²) in [7, 11) is 0. The van der Waals surface area contributed by atoms with Crippen LogP contribution in [-0.4, -0.2) is 10.7 Å². The number of aromatic nitrogens is 1. The van der Waals surface area contributed by atoms with E-state index in [1.807, 2.05) is 18.2 Å². The first-order valence-corrected chi connectivity index (χ1v) is 7.01. The maximum absolute atomic E-state index is 4.60. The summed E-state index contributed by atoms with van der Waals surface area (Å²) >= 11 is 0. The van der Waals surface area contributed by atoms with E-state index in [1.54, 1.807) is 0 Å². The van der Waals surface area contributed by atoms with E-state index in [2.05, 4.69) is 34.6 Å². The van der Waals surface area contributed by atoms with E-state index < -0.39 is 0 Å². The van der Waals surface area contributed by atoms with Gasteiger partial charge >= 0.3 is 0 Å². The van der Waals surface area contributed by atoms with Crippen LogP contribution in [0.4, 0.5) is 5.82 Å². The van der Waals surface area contributed by atoms with E-state index in [9.17, 15) is 0 Å². The van der Waals surface area contributed by atoms with Crippen molar-refractivity contribution < 1.29 is 0 Å². The first kappa shape index (κ1) is 12.2. The Bertz CT molecular complexity index is 608. The van der Waals surface area contributed by atoms with Crippen LogP contribution in [0.2, 0.25) is 0 Å². The molecule has 0 saturated heterocycles. The maximum atomic E-state index is 4.60. The molecule has 0 radical (unpaired) electrons. The number of para-hydroxylation sites is 1. The minimum absolute atomic E-state index is 0.842. The largest absolute Gasteiger partial charge is 0.261 e. The SMILES string of the molecule is Cc1cc(NN=C2CCCCC2)nc2ccccc12. The highest BCUT2D eigenvalue weighted by Gasteiger charge is 2.07. The molecule has 1 aromatic carbocycles. The number of fused-ring (bicyclic) bond motifs is 1. The van der Waals surface area contributed by atoms with E-state index in [4.69, 9.17) is 0 Å². The van der Waals surface area contributed by atoms with Crippen LogP contribution in [0, 0.1) is 6.92 Å². The summed E-state index contributed by atoms with van der Waals surface area (Å²) in [6.07, 6.45) is 6.13. The highest BCUT2D eigenvalue weighted by Crippen LogP contribution is 2.20. The van der Waals surface area contributed by atoms with Crippen LogP contribution < -0.4 is 5.43 Å². The van der Waals surface area contributed by atoms with E-state index in [1.165, 1.54) is 35.9 Å². The highest BCUT2D eigenvalue weighted by atomic mass is 15.3. The van der Waals surface area contributed by atoms with Crippen molar-refractivity contribution in [2.75, 3.05) is 5.43 Å². The quantitative estimate of drug-likeness (QED) is 0.811. The van der Waals surface area contributed by atoms with Gasteiger partial charge in [-0.15, -0.1) is 0 Å². The van der Waals surface area contributed by atoms with Gasteiger partial charge in [-0.2, -0.15) is 5.10 Å². The van der Waals surface area contributed by atoms with Crippen molar-refractivity contribution in [1.29, 1.82) is 0 Å². The molecule has 3 rings (SSSR count). The average Bonchev–Trinajstić information content (AvgIpc) is 2.46. The van der Waals surface area contributed by atoms with Crippen molar-refractivity contribution in [3.8, 4) is 0 Å². The van der Waals surface area contributed by atoms with Gasteiger partial charge in [0, 0.05) is 11.1 Å². The Morgan fingerprint density at radius 3 is 2.74 bits per heavy atom. The molecule has 1 saturated carbocycles. The van der Waals surface area contributed by atoms with E-state index in [0.29, 0.717) is 0 Å². The van der Waals surface area contributed by atoms with Gasteiger partial charge in [0.05, 0.1) is 5.52 Å². The molecule has 3 heteroatoms. The lowest BCUT2D eigenvalue weighted by Gasteiger charge is -2.12. The fraction of sp³-hybridized carbons (Fsp3) is 0.375. The second kappa shape index (κ2) is 5.39. The van der Waals surface area contributed by atoms with Crippen LogP contribution in [0.1, 0.15) is 37.7 Å². The first-order valence-electron chi connectivity index (χ1n) is 7.01. The van der Waals surface area contributed by atoms with E-state index >= 15 is 0 Å². The molecule has 3 nitrogen and oxygen atoms in total. The minimum atomic E-state index is 0.842. The molecule has 0 unspecified atom stereocenters. The molecule has 2 aromatic rings. The van der Waals surface area contributed by atoms with Crippen LogP contribution in [-0.2, 0) is 0 Å². The molecular formula is C16H19N3. The molecule has 1 heterocycles. The first-order chi connectivity index (χ1) is 9.33. The van der Waals surface area contributed by atoms with Crippen molar-refractivity contribution in [1.82, 2.24) is 4.98 Å². The van der Waals surface area contributed by atoms with Crippen molar-refractivity contribution in [3.05, 3.63) is 35.9 Å². The van der Waals surface area contributed by atoms with Crippen LogP contribution in [0.5, 0.6) is 0 Å². The van der Waals surface area contributed by atoms with E-state index in [-0.39, 0.29) is 0 Å². The number of pyridine rings is 1. The second-order valence-electron chi connectivity index (χ2n) is 5.19. The zero-order valence-corrected chi connectivity index (χ0v) is 11.3. The fourth-order valence-corrected chi connectivity index (χ4v) is 2.61. The Balaban J connectivity index is 1.85. The molecule has 0 aliphatic heterocycles. The van der Waals surface area contributed by atoms with Gasteiger partial charge < -0.3 is 0 Å². The summed E-state index contributed by atoms with van der Waals surface area (Å²) < 4.78 is 0. The topological polar surface area (TPSA) is 37.3 Å². The smallest absolute Gasteiger partial charge is 0.147 e. The Kier molecular flexibility index (Phi) is 3.45. The molecule has 0 bridgehead atoms. The predicted octanol–water partition coefficient (Wildman–Crippen LogP) is 4.28.